The largest absolute Gasteiger partial charge is 0.503 e. The Morgan fingerprint density at radius 3 is 2.32 bits per heavy atom. The lowest BCUT2D eigenvalue weighted by atomic mass is 10.1. The molecule has 1 aromatic heterocycles. The van der Waals surface area contributed by atoms with Crippen molar-refractivity contribution in [2.24, 2.45) is 0 Å². The van der Waals surface area contributed by atoms with Gasteiger partial charge >= 0.3 is 6.18 Å². The number of alkyl halides is 3. The van der Waals surface area contributed by atoms with E-state index in [0.717, 1.165) is 24.3 Å². The SMILES string of the molecule is Cc1ccc(-c2noc(-c3cc(F)c(O)c(F)c3)n2)cc1NCc1ccc(F)cc1C(F)(F)F. The van der Waals surface area contributed by atoms with Crippen molar-refractivity contribution < 1.29 is 36.0 Å². The van der Waals surface area contributed by atoms with Gasteiger partial charge in [-0.2, -0.15) is 18.2 Å². The molecule has 34 heavy (non-hydrogen) atoms. The zero-order valence-corrected chi connectivity index (χ0v) is 17.3. The summed E-state index contributed by atoms with van der Waals surface area (Å²) < 4.78 is 85.4. The molecule has 5 nitrogen and oxygen atoms in total. The van der Waals surface area contributed by atoms with Gasteiger partial charge in [-0.1, -0.05) is 23.4 Å². The molecule has 0 bridgehead atoms. The molecule has 4 aromatic rings. The Bertz CT molecular complexity index is 1340. The first kappa shape index (κ1) is 23.1. The number of hydrogen-bond donors (Lipinski definition) is 2. The molecule has 0 amide bonds. The van der Waals surface area contributed by atoms with Crippen LogP contribution in [0.5, 0.6) is 5.75 Å². The lowest BCUT2D eigenvalue weighted by molar-refractivity contribution is -0.138. The van der Waals surface area contributed by atoms with Crippen LogP contribution in [0.25, 0.3) is 22.8 Å². The number of anilines is 1. The Morgan fingerprint density at radius 2 is 1.65 bits per heavy atom. The summed E-state index contributed by atoms with van der Waals surface area (Å²) in [6, 6.07) is 8.98. The van der Waals surface area contributed by atoms with Crippen LogP contribution in [0.3, 0.4) is 0 Å². The van der Waals surface area contributed by atoms with Crippen molar-refractivity contribution >= 4 is 5.69 Å². The van der Waals surface area contributed by atoms with Crippen LogP contribution in [0.4, 0.5) is 32.0 Å². The summed E-state index contributed by atoms with van der Waals surface area (Å²) in [5.41, 5.74) is 0.265. The number of phenols is 1. The van der Waals surface area contributed by atoms with Gasteiger partial charge in [-0.05, 0) is 48.4 Å². The predicted molar refractivity (Wildman–Crippen MR) is 110 cm³/mol. The van der Waals surface area contributed by atoms with Gasteiger partial charge < -0.3 is 14.9 Å². The van der Waals surface area contributed by atoms with E-state index in [2.05, 4.69) is 15.5 Å². The molecule has 0 aliphatic carbocycles. The third-order valence-electron chi connectivity index (χ3n) is 5.03. The number of phenolic OH excluding ortho intramolecular Hbond substituents is 1. The number of benzene rings is 3. The fraction of sp³-hybridized carbons (Fsp3) is 0.130. The average molecular weight is 479 g/mol. The first-order valence-corrected chi connectivity index (χ1v) is 9.75. The van der Waals surface area contributed by atoms with E-state index in [1.807, 2.05) is 0 Å². The van der Waals surface area contributed by atoms with Gasteiger partial charge in [-0.3, -0.25) is 0 Å². The molecule has 176 valence electrons. The van der Waals surface area contributed by atoms with E-state index in [4.69, 9.17) is 4.52 Å². The summed E-state index contributed by atoms with van der Waals surface area (Å²) in [6.07, 6.45) is -4.72. The number of aryl methyl sites for hydroxylation is 1. The number of nitrogens with zero attached hydrogens (tertiary/aromatic N) is 2. The second-order valence-electron chi connectivity index (χ2n) is 7.39. The van der Waals surface area contributed by atoms with Crippen molar-refractivity contribution in [1.29, 1.82) is 0 Å². The van der Waals surface area contributed by atoms with Gasteiger partial charge in [0, 0.05) is 23.4 Å². The highest BCUT2D eigenvalue weighted by molar-refractivity contribution is 5.67. The summed E-state index contributed by atoms with van der Waals surface area (Å²) in [6.45, 7) is 1.49. The molecule has 4 rings (SSSR count). The van der Waals surface area contributed by atoms with E-state index in [-0.39, 0.29) is 29.4 Å². The Balaban J connectivity index is 1.60. The van der Waals surface area contributed by atoms with Gasteiger partial charge in [0.2, 0.25) is 5.82 Å². The molecule has 0 radical (unpaired) electrons. The van der Waals surface area contributed by atoms with Crippen LogP contribution in [-0.2, 0) is 12.7 Å². The fourth-order valence-electron chi connectivity index (χ4n) is 3.26. The summed E-state index contributed by atoms with van der Waals surface area (Å²) in [4.78, 5) is 4.10. The Morgan fingerprint density at radius 1 is 0.941 bits per heavy atom. The number of halogens is 6. The Labute approximate surface area is 188 Å². The van der Waals surface area contributed by atoms with Crippen molar-refractivity contribution in [3.8, 4) is 28.6 Å². The molecular formula is C23H15F6N3O2. The summed E-state index contributed by atoms with van der Waals surface area (Å²) in [7, 11) is 0. The highest BCUT2D eigenvalue weighted by Crippen LogP contribution is 2.34. The van der Waals surface area contributed by atoms with Crippen LogP contribution >= 0.6 is 0 Å². The smallest absolute Gasteiger partial charge is 0.416 e. The monoisotopic (exact) mass is 479 g/mol. The first-order chi connectivity index (χ1) is 16.0. The highest BCUT2D eigenvalue weighted by atomic mass is 19.4. The Kier molecular flexibility index (Phi) is 5.94. The summed E-state index contributed by atoms with van der Waals surface area (Å²) >= 11 is 0. The van der Waals surface area contributed by atoms with Crippen molar-refractivity contribution in [1.82, 2.24) is 10.1 Å². The van der Waals surface area contributed by atoms with E-state index in [9.17, 15) is 31.4 Å². The van der Waals surface area contributed by atoms with E-state index in [1.54, 1.807) is 25.1 Å². The molecular weight excluding hydrogens is 464 g/mol. The fourth-order valence-corrected chi connectivity index (χ4v) is 3.26. The van der Waals surface area contributed by atoms with Crippen LogP contribution in [0.2, 0.25) is 0 Å². The molecule has 1 heterocycles. The Hall–Kier alpha value is -4.02. The number of rotatable bonds is 5. The van der Waals surface area contributed by atoms with Gasteiger partial charge in [0.25, 0.3) is 5.89 Å². The van der Waals surface area contributed by atoms with E-state index in [1.165, 1.54) is 0 Å². The van der Waals surface area contributed by atoms with Gasteiger partial charge in [-0.15, -0.1) is 0 Å². The standard InChI is InChI=1S/C23H15F6N3O2/c1-11-2-3-12(21-31-22(34-32-21)14-6-17(25)20(33)18(26)7-14)8-19(11)30-10-13-4-5-15(24)9-16(13)23(27,28)29/h2-9,30,33H,10H2,1H3. The van der Waals surface area contributed by atoms with Crippen LogP contribution in [0, 0.1) is 24.4 Å². The van der Waals surface area contributed by atoms with Crippen LogP contribution < -0.4 is 5.32 Å². The minimum absolute atomic E-state index is 0.0599. The highest BCUT2D eigenvalue weighted by Gasteiger charge is 2.33. The molecule has 0 atom stereocenters. The van der Waals surface area contributed by atoms with Crippen molar-refractivity contribution in [2.75, 3.05) is 5.32 Å². The first-order valence-electron chi connectivity index (χ1n) is 9.75. The summed E-state index contributed by atoms with van der Waals surface area (Å²) in [5, 5.41) is 15.9. The maximum absolute atomic E-state index is 13.6. The third-order valence-corrected chi connectivity index (χ3v) is 5.03. The topological polar surface area (TPSA) is 71.2 Å². The molecule has 0 aliphatic rings. The molecule has 0 saturated carbocycles. The maximum Gasteiger partial charge on any atom is 0.416 e. The van der Waals surface area contributed by atoms with Crippen LogP contribution in [0.1, 0.15) is 16.7 Å². The minimum atomic E-state index is -4.72. The van der Waals surface area contributed by atoms with Crippen LogP contribution in [-0.4, -0.2) is 15.2 Å². The van der Waals surface area contributed by atoms with Gasteiger partial charge in [-0.25, -0.2) is 13.2 Å². The van der Waals surface area contributed by atoms with Gasteiger partial charge in [0.1, 0.15) is 5.82 Å². The van der Waals surface area contributed by atoms with Crippen molar-refractivity contribution in [3.05, 3.63) is 82.7 Å². The molecule has 0 spiro atoms. The minimum Gasteiger partial charge on any atom is -0.503 e. The summed E-state index contributed by atoms with van der Waals surface area (Å²) in [5.74, 6) is -4.66. The zero-order valence-electron chi connectivity index (χ0n) is 17.3. The van der Waals surface area contributed by atoms with E-state index in [0.29, 0.717) is 22.9 Å². The molecule has 0 saturated heterocycles. The quantitative estimate of drug-likeness (QED) is 0.321. The second kappa shape index (κ2) is 8.73. The normalized spacial score (nSPS) is 11.6. The molecule has 11 heteroatoms. The third kappa shape index (κ3) is 4.68. The average Bonchev–Trinajstić information content (AvgIpc) is 3.27. The molecule has 0 aliphatic heterocycles. The van der Waals surface area contributed by atoms with E-state index < -0.39 is 34.9 Å². The van der Waals surface area contributed by atoms with Crippen molar-refractivity contribution in [3.63, 3.8) is 0 Å². The molecule has 0 unspecified atom stereocenters. The number of aromatic hydroxyl groups is 1. The number of hydrogen-bond acceptors (Lipinski definition) is 5. The lowest BCUT2D eigenvalue weighted by Gasteiger charge is -2.15. The number of nitrogens with one attached hydrogen (secondary N) is 1. The zero-order chi connectivity index (χ0) is 24.6. The molecule has 2 N–H and O–H groups in total. The van der Waals surface area contributed by atoms with Crippen molar-refractivity contribution in [2.45, 2.75) is 19.6 Å². The lowest BCUT2D eigenvalue weighted by Crippen LogP contribution is -2.12. The second-order valence-corrected chi connectivity index (χ2v) is 7.39. The molecule has 0 fully saturated rings. The van der Waals surface area contributed by atoms with Gasteiger partial charge in [0.15, 0.2) is 17.4 Å². The predicted octanol–water partition coefficient (Wildman–Crippen LogP) is 6.47. The maximum atomic E-state index is 13.6. The number of aromatic nitrogens is 2. The van der Waals surface area contributed by atoms with Crippen LogP contribution in [0.15, 0.2) is 53.1 Å². The van der Waals surface area contributed by atoms with Gasteiger partial charge in [0.05, 0.1) is 5.56 Å². The van der Waals surface area contributed by atoms with E-state index >= 15 is 0 Å². The molecule has 3 aromatic carbocycles.